The normalized spacial score (nSPS) is 13.9. The number of nitrogens with two attached hydrogens (primary N) is 1. The van der Waals surface area contributed by atoms with Gasteiger partial charge in [-0.15, -0.1) is 0 Å². The number of ether oxygens (including phenoxy) is 1. The van der Waals surface area contributed by atoms with E-state index in [1.807, 2.05) is 0 Å². The van der Waals surface area contributed by atoms with Crippen LogP contribution in [0.15, 0.2) is 18.2 Å². The average Bonchev–Trinajstić information content (AvgIpc) is 2.31. The minimum Gasteiger partial charge on any atom is -0.508 e. The highest BCUT2D eigenvalue weighted by molar-refractivity contribution is 5.70. The van der Waals surface area contributed by atoms with Crippen molar-refractivity contribution < 1.29 is 24.9 Å². The monoisotopic (exact) mass is 255 g/mol. The number of rotatable bonds is 5. The van der Waals surface area contributed by atoms with Crippen LogP contribution < -0.4 is 5.73 Å². The van der Waals surface area contributed by atoms with E-state index in [-0.39, 0.29) is 24.3 Å². The lowest BCUT2D eigenvalue weighted by molar-refractivity contribution is -0.147. The summed E-state index contributed by atoms with van der Waals surface area (Å²) in [6.45, 7) is 1.84. The number of aliphatic hydroxyl groups is 2. The van der Waals surface area contributed by atoms with Crippen molar-refractivity contribution in [3.05, 3.63) is 23.8 Å². The van der Waals surface area contributed by atoms with E-state index in [0.29, 0.717) is 5.69 Å². The highest BCUT2D eigenvalue weighted by atomic mass is 16.5. The second-order valence-electron chi connectivity index (χ2n) is 3.84. The first-order valence-corrected chi connectivity index (χ1v) is 5.55. The Morgan fingerprint density at radius 2 is 2.11 bits per heavy atom. The maximum absolute atomic E-state index is 11.2. The van der Waals surface area contributed by atoms with Gasteiger partial charge in [0.1, 0.15) is 11.9 Å². The van der Waals surface area contributed by atoms with Gasteiger partial charge in [0.05, 0.1) is 19.1 Å². The molecule has 0 saturated carbocycles. The van der Waals surface area contributed by atoms with Crippen LogP contribution >= 0.6 is 0 Å². The molecule has 2 unspecified atom stereocenters. The van der Waals surface area contributed by atoms with Crippen LogP contribution in [-0.4, -0.2) is 34.0 Å². The minimum absolute atomic E-state index is 0.0757. The first-order valence-electron chi connectivity index (χ1n) is 5.55. The molecule has 0 heterocycles. The van der Waals surface area contributed by atoms with Crippen molar-refractivity contribution >= 4 is 11.7 Å². The Labute approximate surface area is 105 Å². The number of aliphatic hydroxyl groups excluding tert-OH is 2. The zero-order chi connectivity index (χ0) is 13.7. The second-order valence-corrected chi connectivity index (χ2v) is 3.84. The smallest absolute Gasteiger partial charge is 0.308 e. The van der Waals surface area contributed by atoms with Gasteiger partial charge in [0.25, 0.3) is 0 Å². The van der Waals surface area contributed by atoms with Gasteiger partial charge >= 0.3 is 5.97 Å². The molecule has 0 bridgehead atoms. The fourth-order valence-corrected chi connectivity index (χ4v) is 1.52. The molecule has 1 aromatic carbocycles. The lowest BCUT2D eigenvalue weighted by Gasteiger charge is -2.18. The Hall–Kier alpha value is -1.79. The van der Waals surface area contributed by atoms with E-state index in [1.54, 1.807) is 6.92 Å². The maximum Gasteiger partial charge on any atom is 0.308 e. The van der Waals surface area contributed by atoms with E-state index >= 15 is 0 Å². The van der Waals surface area contributed by atoms with Crippen molar-refractivity contribution in [2.45, 2.75) is 25.6 Å². The summed E-state index contributed by atoms with van der Waals surface area (Å²) in [7, 11) is 0. The molecule has 6 nitrogen and oxygen atoms in total. The SMILES string of the molecule is CCOC(=O)CC(O)C(O)c1cc(N)ccc1O. The third-order valence-electron chi connectivity index (χ3n) is 2.42. The van der Waals surface area contributed by atoms with Crippen LogP contribution in [0.3, 0.4) is 0 Å². The van der Waals surface area contributed by atoms with E-state index in [2.05, 4.69) is 4.74 Å². The summed E-state index contributed by atoms with van der Waals surface area (Å²) in [4.78, 5) is 11.2. The van der Waals surface area contributed by atoms with Crippen molar-refractivity contribution in [2.75, 3.05) is 12.3 Å². The van der Waals surface area contributed by atoms with Crippen LogP contribution in [0.2, 0.25) is 0 Å². The van der Waals surface area contributed by atoms with E-state index in [4.69, 9.17) is 5.73 Å². The number of hydrogen-bond donors (Lipinski definition) is 4. The highest BCUT2D eigenvalue weighted by Crippen LogP contribution is 2.29. The van der Waals surface area contributed by atoms with Crippen molar-refractivity contribution in [3.63, 3.8) is 0 Å². The summed E-state index contributed by atoms with van der Waals surface area (Å²) in [5, 5.41) is 29.1. The molecule has 0 fully saturated rings. The quantitative estimate of drug-likeness (QED) is 0.342. The largest absolute Gasteiger partial charge is 0.508 e. The molecular formula is C12H17NO5. The zero-order valence-electron chi connectivity index (χ0n) is 10.0. The molecule has 6 heteroatoms. The number of esters is 1. The fraction of sp³-hybridized carbons (Fsp3) is 0.417. The fourth-order valence-electron chi connectivity index (χ4n) is 1.52. The molecule has 0 aliphatic rings. The summed E-state index contributed by atoms with van der Waals surface area (Å²) < 4.78 is 4.66. The number of hydrogen-bond acceptors (Lipinski definition) is 6. The number of benzene rings is 1. The van der Waals surface area contributed by atoms with Crippen LogP contribution in [0.5, 0.6) is 5.75 Å². The molecule has 0 aliphatic carbocycles. The number of carbonyl (C=O) groups excluding carboxylic acids is 1. The first-order chi connectivity index (χ1) is 8.45. The molecule has 0 saturated heterocycles. The second kappa shape index (κ2) is 6.23. The van der Waals surface area contributed by atoms with Gasteiger partial charge in [-0.2, -0.15) is 0 Å². The van der Waals surface area contributed by atoms with Crippen LogP contribution in [0.25, 0.3) is 0 Å². The Morgan fingerprint density at radius 3 is 2.72 bits per heavy atom. The number of anilines is 1. The Bertz CT molecular complexity index is 421. The highest BCUT2D eigenvalue weighted by Gasteiger charge is 2.24. The molecule has 0 radical (unpaired) electrons. The summed E-state index contributed by atoms with van der Waals surface area (Å²) in [6, 6.07) is 4.11. The lowest BCUT2D eigenvalue weighted by Crippen LogP contribution is -2.23. The Morgan fingerprint density at radius 1 is 1.44 bits per heavy atom. The predicted molar refractivity (Wildman–Crippen MR) is 64.7 cm³/mol. The molecule has 5 N–H and O–H groups in total. The van der Waals surface area contributed by atoms with Gasteiger partial charge in [-0.25, -0.2) is 0 Å². The third kappa shape index (κ3) is 3.61. The van der Waals surface area contributed by atoms with Gasteiger partial charge in [0, 0.05) is 11.3 Å². The standard InChI is InChI=1S/C12H17NO5/c1-2-18-11(16)6-10(15)12(17)8-5-7(13)3-4-9(8)14/h3-5,10,12,14-15,17H,2,6,13H2,1H3. The molecule has 1 rings (SSSR count). The molecule has 18 heavy (non-hydrogen) atoms. The molecule has 0 aliphatic heterocycles. The van der Waals surface area contributed by atoms with Crippen molar-refractivity contribution in [3.8, 4) is 5.75 Å². The topological polar surface area (TPSA) is 113 Å². The van der Waals surface area contributed by atoms with Gasteiger partial charge in [-0.05, 0) is 25.1 Å². The lowest BCUT2D eigenvalue weighted by atomic mass is 10.0. The van der Waals surface area contributed by atoms with Crippen molar-refractivity contribution in [2.24, 2.45) is 0 Å². The van der Waals surface area contributed by atoms with E-state index in [9.17, 15) is 20.1 Å². The number of phenolic OH excluding ortho intramolecular Hbond substituents is 1. The van der Waals surface area contributed by atoms with E-state index in [1.165, 1.54) is 18.2 Å². The number of carbonyl (C=O) groups is 1. The van der Waals surface area contributed by atoms with Gasteiger partial charge < -0.3 is 25.8 Å². The summed E-state index contributed by atoms with van der Waals surface area (Å²) in [6.07, 6.45) is -3.13. The number of aromatic hydroxyl groups is 1. The summed E-state index contributed by atoms with van der Waals surface area (Å²) in [5.41, 5.74) is 5.93. The molecule has 0 aromatic heterocycles. The Kier molecular flexibility index (Phi) is 4.94. The first kappa shape index (κ1) is 14.3. The van der Waals surface area contributed by atoms with Gasteiger partial charge in [0.15, 0.2) is 0 Å². The third-order valence-corrected chi connectivity index (χ3v) is 2.42. The minimum atomic E-state index is -1.40. The number of phenols is 1. The van der Waals surface area contributed by atoms with Gasteiger partial charge in [0.2, 0.25) is 0 Å². The van der Waals surface area contributed by atoms with Crippen LogP contribution in [0, 0.1) is 0 Å². The molecule has 2 atom stereocenters. The molecule has 0 spiro atoms. The average molecular weight is 255 g/mol. The van der Waals surface area contributed by atoms with Crippen molar-refractivity contribution in [1.82, 2.24) is 0 Å². The van der Waals surface area contributed by atoms with Crippen LogP contribution in [0.1, 0.15) is 25.0 Å². The molecular weight excluding hydrogens is 238 g/mol. The van der Waals surface area contributed by atoms with Crippen LogP contribution in [0.4, 0.5) is 5.69 Å². The van der Waals surface area contributed by atoms with Gasteiger partial charge in [-0.1, -0.05) is 0 Å². The molecule has 100 valence electrons. The predicted octanol–water partition coefficient (Wildman–Crippen LogP) is 0.322. The van der Waals surface area contributed by atoms with Crippen LogP contribution in [-0.2, 0) is 9.53 Å². The molecule has 1 aromatic rings. The zero-order valence-corrected chi connectivity index (χ0v) is 10.0. The summed E-state index contributed by atoms with van der Waals surface area (Å²) >= 11 is 0. The molecule has 0 amide bonds. The number of nitrogen functional groups attached to an aromatic ring is 1. The van der Waals surface area contributed by atoms with E-state index < -0.39 is 18.2 Å². The van der Waals surface area contributed by atoms with Crippen molar-refractivity contribution in [1.29, 1.82) is 0 Å². The maximum atomic E-state index is 11.2. The summed E-state index contributed by atoms with van der Waals surface area (Å²) in [5.74, 6) is -0.813. The van der Waals surface area contributed by atoms with E-state index in [0.717, 1.165) is 0 Å². The Balaban J connectivity index is 2.76. The van der Waals surface area contributed by atoms with Gasteiger partial charge in [-0.3, -0.25) is 4.79 Å².